The largest absolute Gasteiger partial charge is 0.460 e. The van der Waals surface area contributed by atoms with E-state index in [4.69, 9.17) is 3.63 Å². The Labute approximate surface area is 254 Å². The quantitative estimate of drug-likeness (QED) is 0.154. The third-order valence-corrected chi connectivity index (χ3v) is 14.9. The van der Waals surface area contributed by atoms with Gasteiger partial charge in [-0.3, -0.25) is 0 Å². The molecule has 0 N–H and O–H groups in total. The molecule has 43 heavy (non-hydrogen) atoms. The van der Waals surface area contributed by atoms with Crippen molar-refractivity contribution in [1.82, 2.24) is 0 Å². The first-order chi connectivity index (χ1) is 19.8. The second kappa shape index (κ2) is 11.6. The normalized spacial score (nSPS) is 14.2. The van der Waals surface area contributed by atoms with Crippen LogP contribution in [-0.4, -0.2) is 31.7 Å². The molecule has 4 aromatic rings. The fourth-order valence-corrected chi connectivity index (χ4v) is 13.0. The third kappa shape index (κ3) is 5.95. The minimum Gasteiger partial charge on any atom is -0.201 e. The number of hydrogen-bond donors (Lipinski definition) is 0. The third-order valence-electron chi connectivity index (χ3n) is 5.86. The molecular weight excluding hydrogens is 692 g/mol. The van der Waals surface area contributed by atoms with Crippen LogP contribution in [0.15, 0.2) is 101 Å². The maximum Gasteiger partial charge on any atom is 0.460 e. The standard InChI is InChI=1S/C26H19F9O3S5/c1-16-5-9-18(10-6-16)42(19-11-7-17(2)8-12-19,22-14-13-21(41-22)40-20-4-3-15-39-20)38-43(36,37)26(34,35)24(29,30)23(27,28)25(31,32)33/h3-15H,1-2H3. The van der Waals surface area contributed by atoms with Crippen molar-refractivity contribution < 1.29 is 51.6 Å². The Bertz CT molecular complexity index is 1620. The molecule has 4 rings (SSSR count). The lowest BCUT2D eigenvalue weighted by molar-refractivity contribution is -0.382. The zero-order valence-corrected chi connectivity index (χ0v) is 25.8. The van der Waals surface area contributed by atoms with Crippen molar-refractivity contribution >= 4 is 54.9 Å². The Morgan fingerprint density at radius 1 is 0.674 bits per heavy atom. The highest BCUT2D eigenvalue weighted by Gasteiger charge is 2.86. The fourth-order valence-electron chi connectivity index (χ4n) is 3.57. The SMILES string of the molecule is Cc1ccc(S(OS(=O)(=O)C(F)(F)C(F)(F)C(F)(F)C(F)(F)F)(c2ccc(C)cc2)c2ccc(Sc3cccs3)s2)cc1. The first-order valence-electron chi connectivity index (χ1n) is 11.7. The maximum absolute atomic E-state index is 15.0. The van der Waals surface area contributed by atoms with E-state index >= 15 is 8.78 Å². The lowest BCUT2D eigenvalue weighted by atomic mass is 10.1. The van der Waals surface area contributed by atoms with Crippen molar-refractivity contribution in [2.24, 2.45) is 0 Å². The number of thiophene rings is 2. The molecular formula is C26H19F9O3S5. The molecule has 0 atom stereocenters. The van der Waals surface area contributed by atoms with Crippen LogP contribution < -0.4 is 0 Å². The summed E-state index contributed by atoms with van der Waals surface area (Å²) in [6.45, 7) is 3.28. The minimum absolute atomic E-state index is 0.0791. The molecule has 17 heteroatoms. The molecule has 2 heterocycles. The first kappa shape index (κ1) is 33.7. The van der Waals surface area contributed by atoms with Crippen molar-refractivity contribution in [1.29, 1.82) is 0 Å². The number of hydrogen-bond acceptors (Lipinski definition) is 6. The Morgan fingerprint density at radius 3 is 1.63 bits per heavy atom. The van der Waals surface area contributed by atoms with Gasteiger partial charge >= 0.3 is 33.4 Å². The molecule has 2 aromatic carbocycles. The van der Waals surface area contributed by atoms with Crippen LogP contribution in [0, 0.1) is 13.8 Å². The van der Waals surface area contributed by atoms with Gasteiger partial charge in [-0.1, -0.05) is 53.2 Å². The first-order valence-corrected chi connectivity index (χ1v) is 17.2. The molecule has 0 saturated carbocycles. The lowest BCUT2D eigenvalue weighted by Crippen LogP contribution is -2.63. The van der Waals surface area contributed by atoms with E-state index in [1.54, 1.807) is 31.4 Å². The van der Waals surface area contributed by atoms with E-state index < -0.39 is 43.7 Å². The molecule has 0 amide bonds. The highest BCUT2D eigenvalue weighted by Crippen LogP contribution is 2.73. The van der Waals surface area contributed by atoms with Crippen LogP contribution in [-0.2, 0) is 13.7 Å². The predicted octanol–water partition coefficient (Wildman–Crippen LogP) is 10.5. The average molecular weight is 711 g/mol. The Hall–Kier alpha value is -2.18. The molecule has 0 aliphatic heterocycles. The smallest absolute Gasteiger partial charge is 0.201 e. The topological polar surface area (TPSA) is 43.4 Å². The van der Waals surface area contributed by atoms with Crippen LogP contribution in [0.25, 0.3) is 0 Å². The molecule has 0 saturated heterocycles. The monoisotopic (exact) mass is 710 g/mol. The van der Waals surface area contributed by atoms with Crippen molar-refractivity contribution in [3.05, 3.63) is 89.3 Å². The van der Waals surface area contributed by atoms with Gasteiger partial charge in [0.1, 0.15) is 0 Å². The molecule has 234 valence electrons. The summed E-state index contributed by atoms with van der Waals surface area (Å²) in [7, 11) is -11.3. The zero-order valence-electron chi connectivity index (χ0n) is 21.7. The van der Waals surface area contributed by atoms with Gasteiger partial charge in [-0.2, -0.15) is 47.9 Å². The average Bonchev–Trinajstić information content (AvgIpc) is 3.60. The van der Waals surface area contributed by atoms with E-state index in [-0.39, 0.29) is 14.0 Å². The van der Waals surface area contributed by atoms with Gasteiger partial charge in [0.15, 0.2) is 0 Å². The number of aryl methyl sites for hydroxylation is 2. The summed E-state index contributed by atoms with van der Waals surface area (Å²) >= 11 is 3.43. The number of benzene rings is 2. The molecule has 0 aliphatic carbocycles. The lowest BCUT2D eigenvalue weighted by Gasteiger charge is -2.40. The number of alkyl halides is 9. The van der Waals surface area contributed by atoms with Gasteiger partial charge in [0, 0.05) is 9.79 Å². The molecule has 3 nitrogen and oxygen atoms in total. The molecule has 0 unspecified atom stereocenters. The van der Waals surface area contributed by atoms with E-state index in [1.165, 1.54) is 83.8 Å². The van der Waals surface area contributed by atoms with Crippen LogP contribution in [0.2, 0.25) is 0 Å². The summed E-state index contributed by atoms with van der Waals surface area (Å²) in [6, 6.07) is 17.2. The number of rotatable bonds is 10. The minimum atomic E-state index is -7.45. The van der Waals surface area contributed by atoms with E-state index in [0.717, 1.165) is 15.5 Å². The Kier molecular flexibility index (Phi) is 9.12. The van der Waals surface area contributed by atoms with Gasteiger partial charge in [-0.25, -0.2) is 3.63 Å². The van der Waals surface area contributed by atoms with Gasteiger partial charge in [0.25, 0.3) is 0 Å². The predicted molar refractivity (Wildman–Crippen MR) is 148 cm³/mol. The Morgan fingerprint density at radius 2 is 1.19 bits per heavy atom. The summed E-state index contributed by atoms with van der Waals surface area (Å²) in [6.07, 6.45) is -7.21. The van der Waals surface area contributed by atoms with Gasteiger partial charge in [-0.05, 0) is 72.0 Å². The van der Waals surface area contributed by atoms with Crippen LogP contribution in [0.1, 0.15) is 11.1 Å². The van der Waals surface area contributed by atoms with Crippen LogP contribution in [0.3, 0.4) is 0 Å². The summed E-state index contributed by atoms with van der Waals surface area (Å²) in [5.41, 5.74) is 1.23. The maximum atomic E-state index is 15.0. The van der Waals surface area contributed by atoms with Crippen molar-refractivity contribution in [2.45, 2.75) is 59.5 Å². The van der Waals surface area contributed by atoms with Crippen molar-refractivity contribution in [3.8, 4) is 0 Å². The summed E-state index contributed by atoms with van der Waals surface area (Å²) in [5, 5.41) is -5.25. The molecule has 2 aromatic heterocycles. The molecule has 0 aliphatic rings. The van der Waals surface area contributed by atoms with E-state index in [9.17, 15) is 39.2 Å². The second-order valence-corrected chi connectivity index (χ2v) is 17.3. The van der Waals surface area contributed by atoms with Gasteiger partial charge in [0.05, 0.1) is 12.6 Å². The van der Waals surface area contributed by atoms with Gasteiger partial charge in [-0.15, -0.1) is 22.7 Å². The van der Waals surface area contributed by atoms with Gasteiger partial charge < -0.3 is 0 Å². The summed E-state index contributed by atoms with van der Waals surface area (Å²) in [4.78, 5) is -0.247. The number of halogens is 9. The zero-order chi connectivity index (χ0) is 32.1. The van der Waals surface area contributed by atoms with Crippen LogP contribution in [0.4, 0.5) is 39.5 Å². The highest BCUT2D eigenvalue weighted by atomic mass is 32.3. The molecule has 0 fully saturated rings. The van der Waals surface area contributed by atoms with E-state index in [0.29, 0.717) is 15.3 Å². The van der Waals surface area contributed by atoms with Crippen LogP contribution in [0.5, 0.6) is 0 Å². The molecule has 0 radical (unpaired) electrons. The second-order valence-electron chi connectivity index (χ2n) is 8.98. The van der Waals surface area contributed by atoms with Gasteiger partial charge in [0.2, 0.25) is 0 Å². The summed E-state index contributed by atoms with van der Waals surface area (Å²) in [5.74, 6) is -14.9. The summed E-state index contributed by atoms with van der Waals surface area (Å²) < 4.78 is 157. The highest BCUT2D eigenvalue weighted by molar-refractivity contribution is 8.34. The molecule has 0 bridgehead atoms. The fraction of sp³-hybridized carbons (Fsp3) is 0.231. The van der Waals surface area contributed by atoms with E-state index in [2.05, 4.69) is 0 Å². The van der Waals surface area contributed by atoms with Crippen molar-refractivity contribution in [3.63, 3.8) is 0 Å². The van der Waals surface area contributed by atoms with Crippen LogP contribution >= 0.6 is 44.7 Å². The van der Waals surface area contributed by atoms with Crippen molar-refractivity contribution in [2.75, 3.05) is 0 Å². The van der Waals surface area contributed by atoms with E-state index in [1.807, 2.05) is 0 Å². The molecule has 0 spiro atoms. The Balaban J connectivity index is 1.99.